The van der Waals surface area contributed by atoms with Crippen LogP contribution in [0.1, 0.15) is 76.4 Å². The highest BCUT2D eigenvalue weighted by atomic mass is 32.1. The second kappa shape index (κ2) is 5.42. The average molecular weight is 292 g/mol. The molecule has 2 nitrogen and oxygen atoms in total. The molecule has 1 aromatic heterocycles. The summed E-state index contributed by atoms with van der Waals surface area (Å²) in [6.07, 6.45) is 6.68. The molecule has 0 spiro atoms. The maximum atomic E-state index is 5.03. The van der Waals surface area contributed by atoms with Crippen LogP contribution in [0.3, 0.4) is 0 Å². The van der Waals surface area contributed by atoms with E-state index in [1.54, 1.807) is 0 Å². The summed E-state index contributed by atoms with van der Waals surface area (Å²) in [6.45, 7) is 9.35. The molecule has 3 atom stereocenters. The molecular formula is C17H28N2S. The Morgan fingerprint density at radius 3 is 2.65 bits per heavy atom. The van der Waals surface area contributed by atoms with Crippen molar-refractivity contribution in [3.63, 3.8) is 0 Å². The Hall–Kier alpha value is -0.410. The summed E-state index contributed by atoms with van der Waals surface area (Å²) in [4.78, 5) is 5.03. The molecule has 1 N–H and O–H groups in total. The summed E-state index contributed by atoms with van der Waals surface area (Å²) in [6, 6.07) is 0.745. The number of nitrogens with one attached hydrogen (secondary N) is 1. The van der Waals surface area contributed by atoms with Gasteiger partial charge in [0, 0.05) is 11.4 Å². The van der Waals surface area contributed by atoms with E-state index in [4.69, 9.17) is 4.98 Å². The summed E-state index contributed by atoms with van der Waals surface area (Å²) >= 11 is 1.89. The minimum Gasteiger partial charge on any atom is -0.302 e. The van der Waals surface area contributed by atoms with Gasteiger partial charge in [-0.1, -0.05) is 40.5 Å². The fraction of sp³-hybridized carbons (Fsp3) is 0.824. The lowest BCUT2D eigenvalue weighted by molar-refractivity contribution is 0.101. The molecule has 3 rings (SSSR count). The molecule has 2 fully saturated rings. The van der Waals surface area contributed by atoms with E-state index in [-0.39, 0.29) is 5.54 Å². The first-order chi connectivity index (χ1) is 9.53. The highest BCUT2D eigenvalue weighted by Crippen LogP contribution is 2.47. The van der Waals surface area contributed by atoms with Gasteiger partial charge >= 0.3 is 0 Å². The lowest BCUT2D eigenvalue weighted by atomic mass is 9.68. The number of thiazole rings is 1. The van der Waals surface area contributed by atoms with E-state index in [9.17, 15) is 0 Å². The first-order valence-electron chi connectivity index (χ1n) is 8.26. The smallest absolute Gasteiger partial charge is 0.113 e. The Balaban J connectivity index is 1.94. The molecule has 3 unspecified atom stereocenters. The summed E-state index contributed by atoms with van der Waals surface area (Å²) in [7, 11) is 0. The van der Waals surface area contributed by atoms with E-state index in [0.29, 0.717) is 11.8 Å². The summed E-state index contributed by atoms with van der Waals surface area (Å²) in [5.41, 5.74) is 1.42. The van der Waals surface area contributed by atoms with Gasteiger partial charge in [-0.15, -0.1) is 11.3 Å². The van der Waals surface area contributed by atoms with Gasteiger partial charge in [0.25, 0.3) is 0 Å². The predicted molar refractivity (Wildman–Crippen MR) is 86.2 cm³/mol. The van der Waals surface area contributed by atoms with Crippen molar-refractivity contribution in [3.05, 3.63) is 16.1 Å². The summed E-state index contributed by atoms with van der Waals surface area (Å²) in [5, 5.41) is 7.64. The number of aromatic nitrogens is 1. The third kappa shape index (κ3) is 2.55. The van der Waals surface area contributed by atoms with Crippen molar-refractivity contribution in [2.45, 2.75) is 77.3 Å². The van der Waals surface area contributed by atoms with Crippen LogP contribution in [0.25, 0.3) is 0 Å². The van der Waals surface area contributed by atoms with Crippen LogP contribution in [0.4, 0.5) is 0 Å². The third-order valence-corrected chi connectivity index (χ3v) is 6.43. The van der Waals surface area contributed by atoms with Crippen LogP contribution in [0, 0.1) is 11.8 Å². The summed E-state index contributed by atoms with van der Waals surface area (Å²) in [5.74, 6) is 2.01. The zero-order chi connectivity index (χ0) is 14.3. The Bertz CT molecular complexity index is 463. The molecule has 0 bridgehead atoms. The van der Waals surface area contributed by atoms with Gasteiger partial charge in [0.05, 0.1) is 11.2 Å². The molecule has 2 aliphatic rings. The lowest BCUT2D eigenvalue weighted by Crippen LogP contribution is -2.52. The molecular weight excluding hydrogens is 264 g/mol. The van der Waals surface area contributed by atoms with Gasteiger partial charge in [-0.3, -0.25) is 0 Å². The fourth-order valence-corrected chi connectivity index (χ4v) is 4.85. The molecule has 20 heavy (non-hydrogen) atoms. The monoisotopic (exact) mass is 292 g/mol. The molecule has 2 saturated carbocycles. The number of nitrogens with zero attached hydrogens (tertiary/aromatic N) is 1. The van der Waals surface area contributed by atoms with E-state index >= 15 is 0 Å². The van der Waals surface area contributed by atoms with Crippen molar-refractivity contribution in [1.82, 2.24) is 10.3 Å². The van der Waals surface area contributed by atoms with Crippen LogP contribution in [0.5, 0.6) is 0 Å². The first kappa shape index (κ1) is 14.5. The molecule has 112 valence electrons. The fourth-order valence-electron chi connectivity index (χ4n) is 3.58. The SMILES string of the molecule is CC(C)c1csc(C2(NC3CC3)CCCC(C)C2C)n1. The third-order valence-electron chi connectivity index (χ3n) is 5.40. The van der Waals surface area contributed by atoms with Crippen LogP contribution in [0.15, 0.2) is 5.38 Å². The van der Waals surface area contributed by atoms with Crippen molar-refractivity contribution >= 4 is 11.3 Å². The minimum atomic E-state index is 0.149. The molecule has 1 aromatic rings. The van der Waals surface area contributed by atoms with Crippen molar-refractivity contribution in [3.8, 4) is 0 Å². The molecule has 0 aromatic carbocycles. The van der Waals surface area contributed by atoms with Crippen LogP contribution in [-0.2, 0) is 5.54 Å². The van der Waals surface area contributed by atoms with E-state index in [2.05, 4.69) is 38.4 Å². The Morgan fingerprint density at radius 2 is 2.05 bits per heavy atom. The second-order valence-electron chi connectivity index (χ2n) is 7.28. The molecule has 0 aliphatic heterocycles. The van der Waals surface area contributed by atoms with Gasteiger partial charge in [-0.2, -0.15) is 0 Å². The molecule has 0 amide bonds. The molecule has 0 radical (unpaired) electrons. The number of rotatable bonds is 4. The van der Waals surface area contributed by atoms with Crippen molar-refractivity contribution < 1.29 is 0 Å². The average Bonchev–Trinajstić information content (AvgIpc) is 3.06. The molecule has 3 heteroatoms. The molecule has 2 aliphatic carbocycles. The van der Waals surface area contributed by atoms with Crippen molar-refractivity contribution in [2.24, 2.45) is 11.8 Å². The topological polar surface area (TPSA) is 24.9 Å². The Morgan fingerprint density at radius 1 is 1.30 bits per heavy atom. The molecule has 0 saturated heterocycles. The highest BCUT2D eigenvalue weighted by molar-refractivity contribution is 7.09. The van der Waals surface area contributed by atoms with Gasteiger partial charge < -0.3 is 5.32 Å². The van der Waals surface area contributed by atoms with Crippen LogP contribution in [0.2, 0.25) is 0 Å². The van der Waals surface area contributed by atoms with Crippen molar-refractivity contribution in [1.29, 1.82) is 0 Å². The maximum absolute atomic E-state index is 5.03. The van der Waals surface area contributed by atoms with E-state index in [1.165, 1.54) is 42.8 Å². The lowest BCUT2D eigenvalue weighted by Gasteiger charge is -2.45. The van der Waals surface area contributed by atoms with Crippen LogP contribution in [-0.4, -0.2) is 11.0 Å². The highest BCUT2D eigenvalue weighted by Gasteiger charge is 2.47. The van der Waals surface area contributed by atoms with E-state index in [0.717, 1.165) is 12.0 Å². The second-order valence-corrected chi connectivity index (χ2v) is 8.14. The number of hydrogen-bond donors (Lipinski definition) is 1. The van der Waals surface area contributed by atoms with Crippen LogP contribution < -0.4 is 5.32 Å². The van der Waals surface area contributed by atoms with Crippen LogP contribution >= 0.6 is 11.3 Å². The predicted octanol–water partition coefficient (Wildman–Crippen LogP) is 4.67. The van der Waals surface area contributed by atoms with E-state index < -0.39 is 0 Å². The quantitative estimate of drug-likeness (QED) is 0.872. The Labute approximate surface area is 127 Å². The zero-order valence-corrected chi connectivity index (χ0v) is 14.1. The van der Waals surface area contributed by atoms with Crippen molar-refractivity contribution in [2.75, 3.05) is 0 Å². The minimum absolute atomic E-state index is 0.149. The zero-order valence-electron chi connectivity index (χ0n) is 13.3. The van der Waals surface area contributed by atoms with E-state index in [1.807, 2.05) is 11.3 Å². The van der Waals surface area contributed by atoms with Gasteiger partial charge in [-0.05, 0) is 37.0 Å². The standard InChI is InChI=1S/C17H28N2S/c1-11(2)15-10-20-16(18-15)17(19-14-7-8-14)9-5-6-12(3)13(17)4/h10-14,19H,5-9H2,1-4H3. The largest absolute Gasteiger partial charge is 0.302 e. The summed E-state index contributed by atoms with van der Waals surface area (Å²) < 4.78 is 0. The number of hydrogen-bond acceptors (Lipinski definition) is 3. The normalized spacial score (nSPS) is 34.6. The van der Waals surface area contributed by atoms with Gasteiger partial charge in [0.2, 0.25) is 0 Å². The van der Waals surface area contributed by atoms with Gasteiger partial charge in [0.15, 0.2) is 0 Å². The van der Waals surface area contributed by atoms with Gasteiger partial charge in [0.1, 0.15) is 5.01 Å². The maximum Gasteiger partial charge on any atom is 0.113 e. The first-order valence-corrected chi connectivity index (χ1v) is 9.14. The van der Waals surface area contributed by atoms with Gasteiger partial charge in [-0.25, -0.2) is 4.98 Å². The molecule has 1 heterocycles. The Kier molecular flexibility index (Phi) is 3.93.